The topological polar surface area (TPSA) is 150 Å². The number of carboxylic acid groups (broad SMARTS) is 1. The molecule has 11 heteroatoms. The van der Waals surface area contributed by atoms with Gasteiger partial charge < -0.3 is 30.8 Å². The number of fused-ring (bicyclic) bond motifs is 1. The fourth-order valence-corrected chi connectivity index (χ4v) is 4.90. The van der Waals surface area contributed by atoms with Gasteiger partial charge in [-0.15, -0.1) is 0 Å². The number of carbonyl (C=O) groups is 4. The van der Waals surface area contributed by atoms with E-state index in [4.69, 9.17) is 4.74 Å². The third-order valence-electron chi connectivity index (χ3n) is 6.59. The number of hydrogen-bond acceptors (Lipinski definition) is 5. The molecule has 4 rings (SSSR count). The fourth-order valence-electron chi connectivity index (χ4n) is 4.45. The maximum atomic E-state index is 13.1. The predicted molar refractivity (Wildman–Crippen MR) is 131 cm³/mol. The van der Waals surface area contributed by atoms with E-state index >= 15 is 0 Å². The standard InChI is InChI=1S/C24H29BrN4O6/c1-35-19-7-6-15(25)20-14(19)11-17(27-20)23(32)28-16(9-12-4-5-12)22(31)29-18(24(33)34)10-13-3-2-8-26-21(13)30/h6-7,11-13,16,18,27H,2-5,8-10H2,1H3,(H,26,30)(H,28,32)(H,29,31)(H,33,34)/t13-,16-,18-/m0/s1. The molecule has 2 aliphatic rings. The molecule has 2 heterocycles. The first kappa shape index (κ1) is 25.0. The Morgan fingerprint density at radius 1 is 1.17 bits per heavy atom. The maximum absolute atomic E-state index is 13.1. The van der Waals surface area contributed by atoms with Gasteiger partial charge in [0.25, 0.3) is 5.91 Å². The van der Waals surface area contributed by atoms with Gasteiger partial charge in [0.15, 0.2) is 0 Å². The van der Waals surface area contributed by atoms with Crippen molar-refractivity contribution in [3.05, 3.63) is 28.4 Å². The van der Waals surface area contributed by atoms with Crippen molar-refractivity contribution >= 4 is 50.5 Å². The lowest BCUT2D eigenvalue weighted by Gasteiger charge is -2.26. The Kier molecular flexibility index (Phi) is 7.63. The summed E-state index contributed by atoms with van der Waals surface area (Å²) in [6.07, 6.45) is 3.69. The summed E-state index contributed by atoms with van der Waals surface area (Å²) in [5.41, 5.74) is 0.946. The molecule has 0 bridgehead atoms. The van der Waals surface area contributed by atoms with Gasteiger partial charge >= 0.3 is 5.97 Å². The zero-order valence-corrected chi connectivity index (χ0v) is 20.9. The molecule has 5 N–H and O–H groups in total. The van der Waals surface area contributed by atoms with Crippen LogP contribution in [-0.4, -0.2) is 59.5 Å². The zero-order chi connectivity index (χ0) is 25.1. The molecular formula is C24H29BrN4O6. The molecule has 1 saturated carbocycles. The summed E-state index contributed by atoms with van der Waals surface area (Å²) in [6, 6.07) is 3.13. The van der Waals surface area contributed by atoms with Crippen LogP contribution in [-0.2, 0) is 14.4 Å². The van der Waals surface area contributed by atoms with Crippen LogP contribution in [0.4, 0.5) is 0 Å². The number of amides is 3. The summed E-state index contributed by atoms with van der Waals surface area (Å²) in [4.78, 5) is 53.2. The Hall–Kier alpha value is -3.08. The summed E-state index contributed by atoms with van der Waals surface area (Å²) in [7, 11) is 1.54. The third kappa shape index (κ3) is 5.95. The smallest absolute Gasteiger partial charge is 0.326 e. The average molecular weight is 549 g/mol. The molecule has 1 aliphatic carbocycles. The van der Waals surface area contributed by atoms with E-state index in [0.29, 0.717) is 42.0 Å². The molecule has 1 aromatic heterocycles. The maximum Gasteiger partial charge on any atom is 0.326 e. The molecule has 2 fully saturated rings. The highest BCUT2D eigenvalue weighted by Crippen LogP contribution is 2.34. The van der Waals surface area contributed by atoms with Gasteiger partial charge in [-0.2, -0.15) is 0 Å². The van der Waals surface area contributed by atoms with Crippen molar-refractivity contribution in [2.75, 3.05) is 13.7 Å². The number of aromatic nitrogens is 1. The van der Waals surface area contributed by atoms with E-state index < -0.39 is 35.8 Å². The lowest BCUT2D eigenvalue weighted by molar-refractivity contribution is -0.143. The number of ether oxygens (including phenoxy) is 1. The van der Waals surface area contributed by atoms with Gasteiger partial charge in [-0.3, -0.25) is 14.4 Å². The van der Waals surface area contributed by atoms with Gasteiger partial charge in [0.1, 0.15) is 23.5 Å². The molecule has 35 heavy (non-hydrogen) atoms. The first-order valence-electron chi connectivity index (χ1n) is 11.7. The zero-order valence-electron chi connectivity index (χ0n) is 19.4. The van der Waals surface area contributed by atoms with Gasteiger partial charge in [-0.05, 0) is 65.7 Å². The van der Waals surface area contributed by atoms with Crippen molar-refractivity contribution in [1.29, 1.82) is 0 Å². The van der Waals surface area contributed by atoms with E-state index in [1.54, 1.807) is 25.3 Å². The highest BCUT2D eigenvalue weighted by molar-refractivity contribution is 9.10. The first-order chi connectivity index (χ1) is 16.8. The first-order valence-corrected chi connectivity index (χ1v) is 12.5. The van der Waals surface area contributed by atoms with E-state index in [1.165, 1.54) is 0 Å². The Morgan fingerprint density at radius 3 is 2.60 bits per heavy atom. The minimum Gasteiger partial charge on any atom is -0.496 e. The van der Waals surface area contributed by atoms with Gasteiger partial charge in [0.2, 0.25) is 11.8 Å². The van der Waals surface area contributed by atoms with E-state index in [0.717, 1.165) is 23.7 Å². The van der Waals surface area contributed by atoms with Crippen LogP contribution < -0.4 is 20.7 Å². The number of aromatic amines is 1. The molecule has 0 unspecified atom stereocenters. The van der Waals surface area contributed by atoms with Gasteiger partial charge in [0, 0.05) is 22.3 Å². The summed E-state index contributed by atoms with van der Waals surface area (Å²) in [5, 5.41) is 18.5. The second-order valence-electron chi connectivity index (χ2n) is 9.19. The Balaban J connectivity index is 1.48. The lowest BCUT2D eigenvalue weighted by atomic mass is 9.91. The number of piperidine rings is 1. The number of aliphatic carboxylic acids is 1. The molecule has 188 valence electrons. The summed E-state index contributed by atoms with van der Waals surface area (Å²) < 4.78 is 6.13. The number of rotatable bonds is 10. The number of carboxylic acids is 1. The van der Waals surface area contributed by atoms with E-state index in [9.17, 15) is 24.3 Å². The number of H-pyrrole nitrogens is 1. The van der Waals surface area contributed by atoms with Crippen LogP contribution in [0.1, 0.15) is 49.0 Å². The summed E-state index contributed by atoms with van der Waals surface area (Å²) in [5.74, 6) is -2.02. The molecule has 2 aromatic rings. The molecule has 1 saturated heterocycles. The normalized spacial score (nSPS) is 19.5. The van der Waals surface area contributed by atoms with Crippen LogP contribution in [0.25, 0.3) is 10.9 Å². The molecule has 3 atom stereocenters. The monoisotopic (exact) mass is 548 g/mol. The SMILES string of the molecule is COc1ccc(Br)c2[nH]c(C(=O)N[C@@H](CC3CC3)C(=O)N[C@@H](C[C@@H]3CCCNC3=O)C(=O)O)cc12. The summed E-state index contributed by atoms with van der Waals surface area (Å²) >= 11 is 3.46. The van der Waals surface area contributed by atoms with Crippen LogP contribution >= 0.6 is 15.9 Å². The van der Waals surface area contributed by atoms with Crippen molar-refractivity contribution < 1.29 is 29.0 Å². The Bertz CT molecular complexity index is 1140. The van der Waals surface area contributed by atoms with Crippen LogP contribution in [0.3, 0.4) is 0 Å². The van der Waals surface area contributed by atoms with Crippen molar-refractivity contribution in [2.24, 2.45) is 11.8 Å². The number of nitrogens with one attached hydrogen (secondary N) is 4. The van der Waals surface area contributed by atoms with Crippen LogP contribution in [0.5, 0.6) is 5.75 Å². The third-order valence-corrected chi connectivity index (χ3v) is 7.25. The second kappa shape index (κ2) is 10.7. The molecule has 10 nitrogen and oxygen atoms in total. The van der Waals surface area contributed by atoms with Gasteiger partial charge in [-0.1, -0.05) is 12.8 Å². The highest BCUT2D eigenvalue weighted by atomic mass is 79.9. The lowest BCUT2D eigenvalue weighted by Crippen LogP contribution is -2.53. The van der Waals surface area contributed by atoms with Gasteiger partial charge in [0.05, 0.1) is 12.6 Å². The van der Waals surface area contributed by atoms with E-state index in [1.807, 2.05) is 0 Å². The van der Waals surface area contributed by atoms with Crippen LogP contribution in [0, 0.1) is 11.8 Å². The van der Waals surface area contributed by atoms with Crippen molar-refractivity contribution in [2.45, 2.75) is 50.6 Å². The summed E-state index contributed by atoms with van der Waals surface area (Å²) in [6.45, 7) is 0.575. The quantitative estimate of drug-likeness (QED) is 0.307. The number of halogens is 1. The Morgan fingerprint density at radius 2 is 1.94 bits per heavy atom. The van der Waals surface area contributed by atoms with Crippen molar-refractivity contribution in [1.82, 2.24) is 20.9 Å². The van der Waals surface area contributed by atoms with Crippen LogP contribution in [0.2, 0.25) is 0 Å². The fraction of sp³-hybridized carbons (Fsp3) is 0.500. The average Bonchev–Trinajstić information content (AvgIpc) is 3.53. The van der Waals surface area contributed by atoms with Crippen molar-refractivity contribution in [3.8, 4) is 5.75 Å². The largest absolute Gasteiger partial charge is 0.496 e. The molecule has 0 radical (unpaired) electrons. The number of methoxy groups -OCH3 is 1. The second-order valence-corrected chi connectivity index (χ2v) is 10.0. The minimum absolute atomic E-state index is 0.00679. The molecular weight excluding hydrogens is 520 g/mol. The van der Waals surface area contributed by atoms with E-state index in [2.05, 4.69) is 36.9 Å². The number of benzene rings is 1. The molecule has 3 amide bonds. The van der Waals surface area contributed by atoms with Crippen LogP contribution in [0.15, 0.2) is 22.7 Å². The molecule has 0 spiro atoms. The van der Waals surface area contributed by atoms with Gasteiger partial charge in [-0.25, -0.2) is 4.79 Å². The molecule has 1 aliphatic heterocycles. The predicted octanol–water partition coefficient (Wildman–Crippen LogP) is 2.32. The van der Waals surface area contributed by atoms with Crippen molar-refractivity contribution in [3.63, 3.8) is 0 Å². The number of hydrogen-bond donors (Lipinski definition) is 5. The molecule has 1 aromatic carbocycles. The minimum atomic E-state index is -1.22. The number of carbonyl (C=O) groups excluding carboxylic acids is 3. The Labute approximate surface area is 210 Å². The van der Waals surface area contributed by atoms with E-state index in [-0.39, 0.29) is 18.0 Å². The highest BCUT2D eigenvalue weighted by Gasteiger charge is 2.35.